The minimum absolute atomic E-state index is 0.0250. The molecule has 2 aliphatic heterocycles. The zero-order chi connectivity index (χ0) is 21.3. The number of ether oxygens (including phenoxy) is 1. The molecule has 0 aromatic heterocycles. The normalized spacial score (nSPS) is 15.4. The molecule has 156 valence electrons. The number of anilines is 1. The first-order chi connectivity index (χ1) is 14.4. The molecule has 30 heavy (non-hydrogen) atoms. The molecule has 3 amide bonds. The summed E-state index contributed by atoms with van der Waals surface area (Å²) in [5.41, 5.74) is 3.35. The van der Waals surface area contributed by atoms with Gasteiger partial charge in [0.1, 0.15) is 12.3 Å². The van der Waals surface area contributed by atoms with Crippen LogP contribution in [0.15, 0.2) is 42.5 Å². The predicted octanol–water partition coefficient (Wildman–Crippen LogP) is 2.14. The van der Waals surface area contributed by atoms with Crippen LogP contribution < -0.4 is 15.0 Å². The number of hydrogen-bond donors (Lipinski definition) is 1. The molecule has 1 N–H and O–H groups in total. The van der Waals surface area contributed by atoms with Crippen LogP contribution in [0.1, 0.15) is 35.3 Å². The number of amides is 3. The fourth-order valence-electron chi connectivity index (χ4n) is 3.87. The molecule has 0 saturated heterocycles. The van der Waals surface area contributed by atoms with Gasteiger partial charge in [-0.25, -0.2) is 0 Å². The Bertz CT molecular complexity index is 1000. The van der Waals surface area contributed by atoms with Crippen molar-refractivity contribution in [3.05, 3.63) is 59.2 Å². The summed E-state index contributed by atoms with van der Waals surface area (Å²) >= 11 is 0. The average Bonchev–Trinajstić information content (AvgIpc) is 2.74. The Morgan fingerprint density at radius 3 is 2.67 bits per heavy atom. The first kappa shape index (κ1) is 19.9. The van der Waals surface area contributed by atoms with Gasteiger partial charge in [0.25, 0.3) is 11.8 Å². The van der Waals surface area contributed by atoms with Gasteiger partial charge >= 0.3 is 0 Å². The Hall–Kier alpha value is -3.35. The summed E-state index contributed by atoms with van der Waals surface area (Å²) in [6.07, 6.45) is 0.815. The number of benzene rings is 2. The second kappa shape index (κ2) is 8.18. The topological polar surface area (TPSA) is 79.0 Å². The van der Waals surface area contributed by atoms with Crippen molar-refractivity contribution in [2.75, 3.05) is 24.6 Å². The van der Waals surface area contributed by atoms with E-state index in [0.717, 1.165) is 12.0 Å². The van der Waals surface area contributed by atoms with Crippen LogP contribution in [-0.2, 0) is 22.6 Å². The van der Waals surface area contributed by atoms with Crippen LogP contribution in [0.5, 0.6) is 5.75 Å². The number of carbonyl (C=O) groups is 3. The van der Waals surface area contributed by atoms with Crippen LogP contribution in [0.4, 0.5) is 5.69 Å². The molecule has 0 spiro atoms. The Balaban J connectivity index is 1.57. The molecule has 2 heterocycles. The van der Waals surface area contributed by atoms with Gasteiger partial charge in [-0.1, -0.05) is 24.3 Å². The second-order valence-corrected chi connectivity index (χ2v) is 7.92. The van der Waals surface area contributed by atoms with E-state index in [2.05, 4.69) is 11.4 Å². The lowest BCUT2D eigenvalue weighted by Crippen LogP contribution is -2.46. The van der Waals surface area contributed by atoms with Crippen molar-refractivity contribution in [2.45, 2.75) is 32.9 Å². The summed E-state index contributed by atoms with van der Waals surface area (Å²) in [5, 5.41) is 2.79. The molecule has 4 rings (SSSR count). The van der Waals surface area contributed by atoms with E-state index in [1.807, 2.05) is 36.9 Å². The van der Waals surface area contributed by atoms with E-state index >= 15 is 0 Å². The maximum atomic E-state index is 13.2. The Kier molecular flexibility index (Phi) is 5.44. The van der Waals surface area contributed by atoms with E-state index in [4.69, 9.17) is 4.74 Å². The van der Waals surface area contributed by atoms with Crippen LogP contribution >= 0.6 is 0 Å². The molecule has 7 nitrogen and oxygen atoms in total. The third-order valence-electron chi connectivity index (χ3n) is 5.32. The van der Waals surface area contributed by atoms with Gasteiger partial charge < -0.3 is 15.0 Å². The highest BCUT2D eigenvalue weighted by molar-refractivity contribution is 6.04. The highest BCUT2D eigenvalue weighted by Crippen LogP contribution is 2.33. The molecular weight excluding hydrogens is 382 g/mol. The molecule has 0 fully saturated rings. The molecule has 2 aromatic rings. The van der Waals surface area contributed by atoms with E-state index in [0.29, 0.717) is 30.1 Å². The van der Waals surface area contributed by atoms with Crippen LogP contribution in [0.2, 0.25) is 0 Å². The Labute approximate surface area is 175 Å². The SMILES string of the molecule is CC(C)NC(=O)CN1C(=O)COc2ccc(C(=O)N3CCc4ccccc4C3)cc21. The van der Waals surface area contributed by atoms with Gasteiger partial charge in [-0.2, -0.15) is 0 Å². The first-order valence-corrected chi connectivity index (χ1v) is 10.1. The quantitative estimate of drug-likeness (QED) is 0.842. The fourth-order valence-corrected chi connectivity index (χ4v) is 3.87. The summed E-state index contributed by atoms with van der Waals surface area (Å²) in [4.78, 5) is 41.0. The maximum Gasteiger partial charge on any atom is 0.265 e. The van der Waals surface area contributed by atoms with Crippen molar-refractivity contribution in [1.82, 2.24) is 10.2 Å². The van der Waals surface area contributed by atoms with Crippen LogP contribution in [0.3, 0.4) is 0 Å². The van der Waals surface area contributed by atoms with Crippen LogP contribution in [0, 0.1) is 0 Å². The smallest absolute Gasteiger partial charge is 0.265 e. The van der Waals surface area contributed by atoms with E-state index in [1.165, 1.54) is 10.5 Å². The summed E-state index contributed by atoms with van der Waals surface area (Å²) < 4.78 is 5.51. The molecular formula is C23H25N3O4. The highest BCUT2D eigenvalue weighted by Gasteiger charge is 2.29. The average molecular weight is 407 g/mol. The molecule has 0 atom stereocenters. The monoisotopic (exact) mass is 407 g/mol. The molecule has 2 aliphatic rings. The fraction of sp³-hybridized carbons (Fsp3) is 0.348. The maximum absolute atomic E-state index is 13.2. The standard InChI is InChI=1S/C23H25N3O4/c1-15(2)24-21(27)13-26-19-11-17(7-8-20(19)30-14-22(26)28)23(29)25-10-9-16-5-3-4-6-18(16)12-25/h3-8,11,15H,9-10,12-14H2,1-2H3,(H,24,27). The predicted molar refractivity (Wildman–Crippen MR) is 112 cm³/mol. The van der Waals surface area contributed by atoms with Gasteiger partial charge in [0.05, 0.1) is 5.69 Å². The summed E-state index contributed by atoms with van der Waals surface area (Å²) in [6.45, 7) is 4.69. The van der Waals surface area contributed by atoms with Crippen molar-refractivity contribution >= 4 is 23.4 Å². The van der Waals surface area contributed by atoms with Crippen molar-refractivity contribution in [2.24, 2.45) is 0 Å². The lowest BCUT2D eigenvalue weighted by atomic mass is 9.99. The number of rotatable bonds is 4. The molecule has 7 heteroatoms. The molecule has 0 radical (unpaired) electrons. The van der Waals surface area contributed by atoms with E-state index in [1.54, 1.807) is 18.2 Å². The van der Waals surface area contributed by atoms with Gasteiger partial charge in [-0.15, -0.1) is 0 Å². The van der Waals surface area contributed by atoms with Gasteiger partial charge in [0, 0.05) is 24.7 Å². The second-order valence-electron chi connectivity index (χ2n) is 7.92. The van der Waals surface area contributed by atoms with Gasteiger partial charge in [-0.3, -0.25) is 19.3 Å². The lowest BCUT2D eigenvalue weighted by molar-refractivity contribution is -0.125. The zero-order valence-electron chi connectivity index (χ0n) is 17.2. The molecule has 0 saturated carbocycles. The van der Waals surface area contributed by atoms with Crippen molar-refractivity contribution < 1.29 is 19.1 Å². The molecule has 2 aromatic carbocycles. The Morgan fingerprint density at radius 1 is 1.13 bits per heavy atom. The van der Waals surface area contributed by atoms with E-state index < -0.39 is 0 Å². The third-order valence-corrected chi connectivity index (χ3v) is 5.32. The number of carbonyl (C=O) groups excluding carboxylic acids is 3. The zero-order valence-corrected chi connectivity index (χ0v) is 17.2. The molecule has 0 bridgehead atoms. The number of nitrogens with zero attached hydrogens (tertiary/aromatic N) is 2. The number of hydrogen-bond acceptors (Lipinski definition) is 4. The summed E-state index contributed by atoms with van der Waals surface area (Å²) in [6, 6.07) is 13.2. The third kappa shape index (κ3) is 4.01. The van der Waals surface area contributed by atoms with Crippen molar-refractivity contribution in [1.29, 1.82) is 0 Å². The van der Waals surface area contributed by atoms with Gasteiger partial charge in [0.2, 0.25) is 5.91 Å². The summed E-state index contributed by atoms with van der Waals surface area (Å²) in [7, 11) is 0. The van der Waals surface area contributed by atoms with Crippen LogP contribution in [0.25, 0.3) is 0 Å². The first-order valence-electron chi connectivity index (χ1n) is 10.1. The van der Waals surface area contributed by atoms with E-state index in [9.17, 15) is 14.4 Å². The summed E-state index contributed by atoms with van der Waals surface area (Å²) in [5.74, 6) is -0.169. The largest absolute Gasteiger partial charge is 0.482 e. The van der Waals surface area contributed by atoms with Crippen molar-refractivity contribution in [3.63, 3.8) is 0 Å². The van der Waals surface area contributed by atoms with Crippen LogP contribution in [-0.4, -0.2) is 48.4 Å². The number of nitrogens with one attached hydrogen (secondary N) is 1. The molecule has 0 unspecified atom stereocenters. The number of fused-ring (bicyclic) bond motifs is 2. The Morgan fingerprint density at radius 2 is 1.90 bits per heavy atom. The lowest BCUT2D eigenvalue weighted by Gasteiger charge is -2.31. The highest BCUT2D eigenvalue weighted by atomic mass is 16.5. The van der Waals surface area contributed by atoms with Gasteiger partial charge in [-0.05, 0) is 49.6 Å². The van der Waals surface area contributed by atoms with Crippen molar-refractivity contribution in [3.8, 4) is 5.75 Å². The minimum atomic E-state index is -0.307. The molecule has 0 aliphatic carbocycles. The van der Waals surface area contributed by atoms with Gasteiger partial charge in [0.15, 0.2) is 6.61 Å². The minimum Gasteiger partial charge on any atom is -0.482 e. The van der Waals surface area contributed by atoms with E-state index in [-0.39, 0.29) is 36.9 Å².